The van der Waals surface area contributed by atoms with Crippen LogP contribution in [0.1, 0.15) is 16.7 Å². The summed E-state index contributed by atoms with van der Waals surface area (Å²) in [6, 6.07) is 8.30. The molecule has 0 amide bonds. The number of fused-ring (bicyclic) bond motifs is 2. The summed E-state index contributed by atoms with van der Waals surface area (Å²) in [5, 5.41) is 3.08. The second-order valence-corrected chi connectivity index (χ2v) is 8.51. The van der Waals surface area contributed by atoms with Crippen molar-refractivity contribution in [3.8, 4) is 11.8 Å². The van der Waals surface area contributed by atoms with Gasteiger partial charge in [0.25, 0.3) is 0 Å². The number of nitrogen functional groups attached to an aromatic ring is 1. The Bertz CT molecular complexity index is 1090. The zero-order valence-corrected chi connectivity index (χ0v) is 16.7. The van der Waals surface area contributed by atoms with E-state index in [1.807, 2.05) is 6.07 Å². The van der Waals surface area contributed by atoms with Gasteiger partial charge < -0.3 is 16.0 Å². The fourth-order valence-electron chi connectivity index (χ4n) is 4.56. The quantitative estimate of drug-likeness (QED) is 0.500. The summed E-state index contributed by atoms with van der Waals surface area (Å²) >= 11 is 5.96. The maximum atomic E-state index is 14.7. The topological polar surface area (TPSA) is 79.7 Å². The molecule has 2 heterocycles. The number of aliphatic imine (C=N–C) groups is 1. The largest absolute Gasteiger partial charge is 0.398 e. The Morgan fingerprint density at radius 1 is 1.28 bits per heavy atom. The molecular weight excluding hydrogens is 389 g/mol. The zero-order valence-electron chi connectivity index (χ0n) is 15.9. The molecule has 2 fully saturated rings. The van der Waals surface area contributed by atoms with Gasteiger partial charge in [-0.3, -0.25) is 5.73 Å². The Kier molecular flexibility index (Phi) is 4.11. The van der Waals surface area contributed by atoms with Crippen molar-refractivity contribution in [2.75, 3.05) is 31.2 Å². The number of benzene rings is 2. The van der Waals surface area contributed by atoms with Crippen LogP contribution < -0.4 is 16.8 Å². The van der Waals surface area contributed by atoms with Crippen molar-refractivity contribution in [1.82, 2.24) is 4.90 Å². The fourth-order valence-corrected chi connectivity index (χ4v) is 4.73. The molecule has 2 unspecified atom stereocenters. The first-order valence-corrected chi connectivity index (χ1v) is 9.94. The van der Waals surface area contributed by atoms with Crippen molar-refractivity contribution < 1.29 is 4.39 Å². The molecule has 5 N–H and O–H groups in total. The molecule has 0 radical (unpaired) electrons. The van der Waals surface area contributed by atoms with Crippen molar-refractivity contribution in [3.05, 3.63) is 57.9 Å². The maximum Gasteiger partial charge on any atom is 0.166 e. The van der Waals surface area contributed by atoms with Crippen LogP contribution in [0.25, 0.3) is 0 Å². The number of rotatable bonds is 1. The van der Waals surface area contributed by atoms with Gasteiger partial charge in [-0.1, -0.05) is 35.6 Å². The first kappa shape index (κ1) is 18.4. The van der Waals surface area contributed by atoms with E-state index in [-0.39, 0.29) is 10.6 Å². The van der Waals surface area contributed by atoms with Gasteiger partial charge in [-0.25, -0.2) is 9.38 Å². The number of nitrogens with two attached hydrogens (primary N) is 2. The molecule has 4 atom stereocenters. The number of hydrogen-bond donors (Lipinski definition) is 3. The minimum absolute atomic E-state index is 0.00121. The molecule has 2 aliphatic heterocycles. The molecule has 0 aromatic heterocycles. The van der Waals surface area contributed by atoms with E-state index in [9.17, 15) is 4.39 Å². The Hall–Kier alpha value is -2.59. The van der Waals surface area contributed by atoms with Crippen LogP contribution in [0.15, 0.2) is 35.3 Å². The monoisotopic (exact) mass is 409 g/mol. The molecule has 148 valence electrons. The first-order valence-electron chi connectivity index (χ1n) is 9.56. The van der Waals surface area contributed by atoms with Gasteiger partial charge in [0.05, 0.1) is 11.4 Å². The highest BCUT2D eigenvalue weighted by Crippen LogP contribution is 2.50. The number of anilines is 2. The lowest BCUT2D eigenvalue weighted by Crippen LogP contribution is -2.40. The average Bonchev–Trinajstić information content (AvgIpc) is 3.15. The lowest BCUT2D eigenvalue weighted by molar-refractivity contribution is 0.360. The molecule has 0 spiro atoms. The molecule has 1 saturated heterocycles. The van der Waals surface area contributed by atoms with Crippen LogP contribution in [-0.4, -0.2) is 31.4 Å². The third-order valence-corrected chi connectivity index (χ3v) is 6.49. The Morgan fingerprint density at radius 2 is 2.03 bits per heavy atom. The predicted octanol–water partition coefficient (Wildman–Crippen LogP) is 2.83. The molecule has 1 aliphatic carbocycles. The fraction of sp³-hybridized carbons (Fsp3) is 0.318. The first-order chi connectivity index (χ1) is 13.9. The third kappa shape index (κ3) is 2.89. The van der Waals surface area contributed by atoms with Crippen LogP contribution in [0.5, 0.6) is 0 Å². The van der Waals surface area contributed by atoms with Crippen LogP contribution in [-0.2, 0) is 5.66 Å². The van der Waals surface area contributed by atoms with Gasteiger partial charge in [0.1, 0.15) is 5.82 Å². The lowest BCUT2D eigenvalue weighted by atomic mass is 9.88. The SMILES string of the molecule is CN1C[C@@H]2C(C#Cc3cc4c(cc3N)C(N)(c3cccc(Cl)c3F)N=CN4)[C@@H]2C1. The van der Waals surface area contributed by atoms with Crippen LogP contribution in [0.3, 0.4) is 0 Å². The van der Waals surface area contributed by atoms with Crippen molar-refractivity contribution in [3.63, 3.8) is 0 Å². The Labute approximate surface area is 173 Å². The maximum absolute atomic E-state index is 14.7. The molecule has 3 aliphatic rings. The molecule has 29 heavy (non-hydrogen) atoms. The Morgan fingerprint density at radius 3 is 2.79 bits per heavy atom. The number of likely N-dealkylation sites (tertiary alicyclic amines) is 1. The summed E-state index contributed by atoms with van der Waals surface area (Å²) in [6.45, 7) is 2.23. The molecule has 5 nitrogen and oxygen atoms in total. The predicted molar refractivity (Wildman–Crippen MR) is 114 cm³/mol. The number of nitrogens with one attached hydrogen (secondary N) is 1. The lowest BCUT2D eigenvalue weighted by Gasteiger charge is -2.32. The van der Waals surface area contributed by atoms with E-state index in [1.165, 1.54) is 12.4 Å². The highest BCUT2D eigenvalue weighted by atomic mass is 35.5. The second-order valence-electron chi connectivity index (χ2n) is 8.10. The van der Waals surface area contributed by atoms with Crippen molar-refractivity contribution in [2.24, 2.45) is 28.5 Å². The normalized spacial score (nSPS) is 29.4. The van der Waals surface area contributed by atoms with Gasteiger partial charge >= 0.3 is 0 Å². The van der Waals surface area contributed by atoms with E-state index in [4.69, 9.17) is 23.1 Å². The van der Waals surface area contributed by atoms with E-state index in [1.54, 1.807) is 18.2 Å². The molecule has 5 rings (SSSR count). The zero-order chi connectivity index (χ0) is 20.3. The van der Waals surface area contributed by atoms with Crippen LogP contribution >= 0.6 is 11.6 Å². The second kappa shape index (κ2) is 6.46. The van der Waals surface area contributed by atoms with Gasteiger partial charge in [-0.15, -0.1) is 0 Å². The van der Waals surface area contributed by atoms with Crippen molar-refractivity contribution >= 4 is 29.3 Å². The van der Waals surface area contributed by atoms with Crippen molar-refractivity contribution in [1.29, 1.82) is 0 Å². The summed E-state index contributed by atoms with van der Waals surface area (Å²) in [6.07, 6.45) is 1.47. The van der Waals surface area contributed by atoms with E-state index in [0.29, 0.717) is 34.7 Å². The minimum Gasteiger partial charge on any atom is -0.398 e. The van der Waals surface area contributed by atoms with Crippen LogP contribution in [0.2, 0.25) is 5.02 Å². The van der Waals surface area contributed by atoms with Gasteiger partial charge in [0.2, 0.25) is 0 Å². The van der Waals surface area contributed by atoms with E-state index in [2.05, 4.69) is 34.1 Å². The third-order valence-electron chi connectivity index (χ3n) is 6.20. The summed E-state index contributed by atoms with van der Waals surface area (Å²) < 4.78 is 14.7. The van der Waals surface area contributed by atoms with E-state index >= 15 is 0 Å². The van der Waals surface area contributed by atoms with Gasteiger partial charge in [-0.2, -0.15) is 0 Å². The number of nitrogens with zero attached hydrogens (tertiary/aromatic N) is 2. The number of halogens is 2. The van der Waals surface area contributed by atoms with Gasteiger partial charge in [0.15, 0.2) is 5.66 Å². The molecule has 2 aromatic rings. The molecule has 7 heteroatoms. The number of piperidine rings is 1. The van der Waals surface area contributed by atoms with E-state index < -0.39 is 11.5 Å². The molecular formula is C22H21ClFN5. The van der Waals surface area contributed by atoms with E-state index in [0.717, 1.165) is 18.7 Å². The summed E-state index contributed by atoms with van der Waals surface area (Å²) in [5.41, 5.74) is 14.1. The average molecular weight is 410 g/mol. The molecule has 1 saturated carbocycles. The minimum atomic E-state index is -1.42. The Balaban J connectivity index is 1.51. The highest BCUT2D eigenvalue weighted by molar-refractivity contribution is 6.30. The highest BCUT2D eigenvalue weighted by Gasteiger charge is 2.54. The van der Waals surface area contributed by atoms with Crippen LogP contribution in [0.4, 0.5) is 15.8 Å². The smallest absolute Gasteiger partial charge is 0.166 e. The van der Waals surface area contributed by atoms with Crippen molar-refractivity contribution in [2.45, 2.75) is 5.66 Å². The van der Waals surface area contributed by atoms with Crippen LogP contribution in [0, 0.1) is 35.4 Å². The number of hydrogen-bond acceptors (Lipinski definition) is 5. The summed E-state index contributed by atoms with van der Waals surface area (Å²) in [5.74, 6) is 7.85. The summed E-state index contributed by atoms with van der Waals surface area (Å²) in [4.78, 5) is 6.67. The standard InChI is InChI=1S/C22H21ClFN5/c1-29-9-14-13(15(14)10-29)6-5-12-7-20-17(8-19(12)25)22(26,28-11-27-20)16-3-2-4-18(23)21(16)24/h2-4,7-8,11,13-15H,9-10,25-26H2,1H3,(H,27,28)/t13?,14-,15+,22?. The van der Waals surface area contributed by atoms with Gasteiger partial charge in [0, 0.05) is 47.1 Å². The summed E-state index contributed by atoms with van der Waals surface area (Å²) in [7, 11) is 2.15. The van der Waals surface area contributed by atoms with Gasteiger partial charge in [-0.05, 0) is 37.1 Å². The molecule has 0 bridgehead atoms. The molecule has 2 aromatic carbocycles.